The zero-order chi connectivity index (χ0) is 11.9. The SMILES string of the molecule is C=CC1(O)CCCCCCCCCCC1Cl. The summed E-state index contributed by atoms with van der Waals surface area (Å²) in [5.74, 6) is 0. The predicted molar refractivity (Wildman–Crippen MR) is 71.0 cm³/mol. The Morgan fingerprint density at radius 3 is 2.06 bits per heavy atom. The fourth-order valence-electron chi connectivity index (χ4n) is 2.43. The van der Waals surface area contributed by atoms with Crippen LogP contribution in [-0.4, -0.2) is 16.1 Å². The van der Waals surface area contributed by atoms with Crippen LogP contribution in [0.5, 0.6) is 0 Å². The number of halogens is 1. The Kier molecular flexibility index (Phi) is 6.45. The van der Waals surface area contributed by atoms with Gasteiger partial charge in [-0.1, -0.05) is 57.4 Å². The van der Waals surface area contributed by atoms with Crippen LogP contribution in [0.15, 0.2) is 12.7 Å². The summed E-state index contributed by atoms with van der Waals surface area (Å²) >= 11 is 6.30. The number of hydrogen-bond donors (Lipinski definition) is 1. The molecule has 0 radical (unpaired) electrons. The van der Waals surface area contributed by atoms with Crippen molar-refractivity contribution in [2.24, 2.45) is 0 Å². The second kappa shape index (κ2) is 7.34. The topological polar surface area (TPSA) is 20.2 Å². The molecule has 0 aromatic rings. The Morgan fingerprint density at radius 2 is 1.50 bits per heavy atom. The fraction of sp³-hybridized carbons (Fsp3) is 0.857. The molecule has 1 nitrogen and oxygen atoms in total. The Hall–Kier alpha value is -0.0100. The average Bonchev–Trinajstić information content (AvgIpc) is 2.29. The molecular formula is C14H25ClO. The van der Waals surface area contributed by atoms with Gasteiger partial charge in [0.05, 0.1) is 11.0 Å². The van der Waals surface area contributed by atoms with Gasteiger partial charge in [0.15, 0.2) is 0 Å². The average molecular weight is 245 g/mol. The highest BCUT2D eigenvalue weighted by atomic mass is 35.5. The zero-order valence-electron chi connectivity index (χ0n) is 10.3. The molecule has 0 aromatic heterocycles. The highest BCUT2D eigenvalue weighted by Gasteiger charge is 2.31. The predicted octanol–water partition coefficient (Wildman–Crippen LogP) is 4.43. The molecule has 2 unspecified atom stereocenters. The van der Waals surface area contributed by atoms with Gasteiger partial charge in [-0.3, -0.25) is 0 Å². The zero-order valence-corrected chi connectivity index (χ0v) is 11.0. The van der Waals surface area contributed by atoms with E-state index in [-0.39, 0.29) is 5.38 Å². The fourth-order valence-corrected chi connectivity index (χ4v) is 2.78. The lowest BCUT2D eigenvalue weighted by Gasteiger charge is -2.30. The van der Waals surface area contributed by atoms with E-state index in [2.05, 4.69) is 6.58 Å². The molecule has 1 aliphatic rings. The van der Waals surface area contributed by atoms with Gasteiger partial charge >= 0.3 is 0 Å². The van der Waals surface area contributed by atoms with E-state index in [9.17, 15) is 5.11 Å². The van der Waals surface area contributed by atoms with E-state index >= 15 is 0 Å². The highest BCUT2D eigenvalue weighted by molar-refractivity contribution is 6.21. The summed E-state index contributed by atoms with van der Waals surface area (Å²) in [6.07, 6.45) is 13.3. The first-order valence-corrected chi connectivity index (χ1v) is 7.13. The number of rotatable bonds is 1. The third-order valence-corrected chi connectivity index (χ3v) is 4.28. The second-order valence-corrected chi connectivity index (χ2v) is 5.56. The first-order chi connectivity index (χ1) is 7.69. The summed E-state index contributed by atoms with van der Waals surface area (Å²) in [6, 6.07) is 0. The first-order valence-electron chi connectivity index (χ1n) is 6.69. The van der Waals surface area contributed by atoms with Gasteiger partial charge in [0.25, 0.3) is 0 Å². The maximum atomic E-state index is 10.4. The Bertz CT molecular complexity index is 205. The lowest BCUT2D eigenvalue weighted by molar-refractivity contribution is 0.0703. The largest absolute Gasteiger partial charge is 0.384 e. The Morgan fingerprint density at radius 1 is 1.00 bits per heavy atom. The quantitative estimate of drug-likeness (QED) is 0.535. The molecule has 2 atom stereocenters. The van der Waals surface area contributed by atoms with E-state index in [1.807, 2.05) is 0 Å². The van der Waals surface area contributed by atoms with E-state index < -0.39 is 5.60 Å². The van der Waals surface area contributed by atoms with Crippen molar-refractivity contribution in [3.63, 3.8) is 0 Å². The normalized spacial score (nSPS) is 34.8. The van der Waals surface area contributed by atoms with Crippen LogP contribution >= 0.6 is 11.6 Å². The summed E-state index contributed by atoms with van der Waals surface area (Å²) in [4.78, 5) is 0. The molecule has 0 saturated heterocycles. The van der Waals surface area contributed by atoms with Gasteiger partial charge in [-0.05, 0) is 12.8 Å². The minimum Gasteiger partial charge on any atom is -0.384 e. The molecule has 0 heterocycles. The van der Waals surface area contributed by atoms with Gasteiger partial charge in [0.2, 0.25) is 0 Å². The standard InChI is InChI=1S/C14H25ClO/c1-2-14(16)12-10-8-6-4-3-5-7-9-11-13(14)15/h2,13,16H,1,3-12H2. The second-order valence-electron chi connectivity index (χ2n) is 5.03. The first kappa shape index (κ1) is 14.1. The third kappa shape index (κ3) is 4.47. The summed E-state index contributed by atoms with van der Waals surface area (Å²) < 4.78 is 0. The van der Waals surface area contributed by atoms with Crippen molar-refractivity contribution in [1.29, 1.82) is 0 Å². The molecular weight excluding hydrogens is 220 g/mol. The molecule has 1 N–H and O–H groups in total. The van der Waals surface area contributed by atoms with Crippen LogP contribution in [-0.2, 0) is 0 Å². The monoisotopic (exact) mass is 244 g/mol. The molecule has 1 rings (SSSR count). The molecule has 0 spiro atoms. The molecule has 2 heteroatoms. The van der Waals surface area contributed by atoms with Crippen LogP contribution in [0.1, 0.15) is 64.2 Å². The Labute approximate surface area is 105 Å². The summed E-state index contributed by atoms with van der Waals surface area (Å²) in [5.41, 5.74) is -0.846. The number of alkyl halides is 1. The van der Waals surface area contributed by atoms with Crippen molar-refractivity contribution in [3.05, 3.63) is 12.7 Å². The van der Waals surface area contributed by atoms with Crippen molar-refractivity contribution in [1.82, 2.24) is 0 Å². The van der Waals surface area contributed by atoms with E-state index in [4.69, 9.17) is 11.6 Å². The smallest absolute Gasteiger partial charge is 0.0987 e. The lowest BCUT2D eigenvalue weighted by Crippen LogP contribution is -2.36. The molecule has 0 aliphatic heterocycles. The van der Waals surface area contributed by atoms with Crippen molar-refractivity contribution >= 4 is 11.6 Å². The van der Waals surface area contributed by atoms with Crippen LogP contribution in [0.25, 0.3) is 0 Å². The molecule has 16 heavy (non-hydrogen) atoms. The number of aliphatic hydroxyl groups is 1. The Balaban J connectivity index is 2.50. The van der Waals surface area contributed by atoms with Crippen molar-refractivity contribution in [2.75, 3.05) is 0 Å². The molecule has 0 bridgehead atoms. The molecule has 1 aliphatic carbocycles. The van der Waals surface area contributed by atoms with E-state index in [0.717, 1.165) is 25.7 Å². The van der Waals surface area contributed by atoms with Gasteiger partial charge in [0.1, 0.15) is 0 Å². The van der Waals surface area contributed by atoms with Crippen molar-refractivity contribution < 1.29 is 5.11 Å². The van der Waals surface area contributed by atoms with Crippen molar-refractivity contribution in [2.45, 2.75) is 75.2 Å². The van der Waals surface area contributed by atoms with Crippen LogP contribution in [0.3, 0.4) is 0 Å². The van der Waals surface area contributed by atoms with E-state index in [1.54, 1.807) is 6.08 Å². The van der Waals surface area contributed by atoms with Crippen molar-refractivity contribution in [3.8, 4) is 0 Å². The van der Waals surface area contributed by atoms with Gasteiger partial charge in [-0.25, -0.2) is 0 Å². The van der Waals surface area contributed by atoms with Crippen LogP contribution in [0, 0.1) is 0 Å². The summed E-state index contributed by atoms with van der Waals surface area (Å²) in [5, 5.41) is 10.2. The minimum atomic E-state index is -0.846. The lowest BCUT2D eigenvalue weighted by atomic mass is 9.88. The molecule has 1 saturated carbocycles. The maximum absolute atomic E-state index is 10.4. The van der Waals surface area contributed by atoms with Gasteiger partial charge < -0.3 is 5.11 Å². The van der Waals surface area contributed by atoms with Gasteiger partial charge in [-0.2, -0.15) is 0 Å². The minimum absolute atomic E-state index is 0.163. The van der Waals surface area contributed by atoms with E-state index in [1.165, 1.54) is 38.5 Å². The van der Waals surface area contributed by atoms with Gasteiger partial charge in [0, 0.05) is 0 Å². The molecule has 1 fully saturated rings. The molecule has 0 aromatic carbocycles. The molecule has 0 amide bonds. The number of hydrogen-bond acceptors (Lipinski definition) is 1. The van der Waals surface area contributed by atoms with Crippen LogP contribution in [0.2, 0.25) is 0 Å². The summed E-state index contributed by atoms with van der Waals surface area (Å²) in [7, 11) is 0. The van der Waals surface area contributed by atoms with Crippen LogP contribution in [0.4, 0.5) is 0 Å². The molecule has 94 valence electrons. The van der Waals surface area contributed by atoms with E-state index in [0.29, 0.717) is 0 Å². The highest BCUT2D eigenvalue weighted by Crippen LogP contribution is 2.29. The maximum Gasteiger partial charge on any atom is 0.0987 e. The van der Waals surface area contributed by atoms with Crippen LogP contribution < -0.4 is 0 Å². The third-order valence-electron chi connectivity index (χ3n) is 3.68. The summed E-state index contributed by atoms with van der Waals surface area (Å²) in [6.45, 7) is 3.74. The van der Waals surface area contributed by atoms with Gasteiger partial charge in [-0.15, -0.1) is 18.2 Å².